The second-order valence-corrected chi connectivity index (χ2v) is 15.0. The van der Waals surface area contributed by atoms with Crippen LogP contribution in [0.3, 0.4) is 0 Å². The van der Waals surface area contributed by atoms with Crippen LogP contribution in [-0.4, -0.2) is 11.3 Å². The first-order valence-electron chi connectivity index (χ1n) is 11.2. The minimum atomic E-state index is -3.46. The Bertz CT molecular complexity index is 1170. The summed E-state index contributed by atoms with van der Waals surface area (Å²) in [5, 5.41) is 3.38. The molecular weight excluding hydrogens is 449 g/mol. The van der Waals surface area contributed by atoms with Gasteiger partial charge in [0.25, 0.3) is 0 Å². The van der Waals surface area contributed by atoms with Crippen molar-refractivity contribution in [2.75, 3.05) is 0 Å². The normalized spacial score (nSPS) is 16.8. The van der Waals surface area contributed by atoms with Gasteiger partial charge in [-0.1, -0.05) is 0 Å². The summed E-state index contributed by atoms with van der Waals surface area (Å²) in [7, 11) is 0. The van der Waals surface area contributed by atoms with Gasteiger partial charge in [-0.15, -0.1) is 0 Å². The van der Waals surface area contributed by atoms with E-state index >= 15 is 0 Å². The molecule has 0 fully saturated rings. The second kappa shape index (κ2) is 8.57. The molecule has 1 aromatic heterocycles. The Kier molecular flexibility index (Phi) is 5.74. The van der Waals surface area contributed by atoms with Crippen molar-refractivity contribution in [2.24, 2.45) is 0 Å². The van der Waals surface area contributed by atoms with Gasteiger partial charge in [0.1, 0.15) is 0 Å². The molecule has 0 saturated heterocycles. The number of halogens is 1. The first-order chi connectivity index (χ1) is 16.0. The van der Waals surface area contributed by atoms with E-state index in [4.69, 9.17) is 25.7 Å². The summed E-state index contributed by atoms with van der Waals surface area (Å²) in [6.07, 6.45) is 2.27. The molecule has 4 aromatic rings. The van der Waals surface area contributed by atoms with Crippen LogP contribution in [0.2, 0.25) is 0 Å². The molecule has 0 amide bonds. The molecule has 0 spiro atoms. The molecule has 0 N–H and O–H groups in total. The number of fused-ring (bicyclic) bond motifs is 1. The van der Waals surface area contributed by atoms with E-state index in [-0.39, 0.29) is 6.29 Å². The average molecular weight is 476 g/mol. The van der Waals surface area contributed by atoms with E-state index in [1.807, 2.05) is 38.2 Å². The third-order valence-electron chi connectivity index (χ3n) is 6.50. The number of hydrogen-bond donors (Lipinski definition) is 0. The van der Waals surface area contributed by atoms with Crippen molar-refractivity contribution in [3.05, 3.63) is 114 Å². The molecule has 0 aliphatic carbocycles. The molecule has 1 atom stereocenters. The van der Waals surface area contributed by atoms with Crippen molar-refractivity contribution < 1.29 is 9.47 Å². The minimum absolute atomic E-state index is 0.295. The standard InChI is InChI=1S/C28H27ClNO2P/c1-21-28-27(19-31-22(2)32-28)23(18-30-21)20-33(29,24-12-6-3-7-13-24,25-14-8-4-9-15-25)26-16-10-5-11-17-26/h3-18,22H,19-20H2,1-2H3. The fourth-order valence-corrected chi connectivity index (χ4v) is 10.9. The van der Waals surface area contributed by atoms with Crippen molar-refractivity contribution in [2.45, 2.75) is 32.9 Å². The molecular formula is C28H27ClNO2P. The predicted octanol–water partition coefficient (Wildman–Crippen LogP) is 5.83. The monoisotopic (exact) mass is 475 g/mol. The van der Waals surface area contributed by atoms with Crippen LogP contribution in [0.25, 0.3) is 0 Å². The topological polar surface area (TPSA) is 31.4 Å². The predicted molar refractivity (Wildman–Crippen MR) is 139 cm³/mol. The summed E-state index contributed by atoms with van der Waals surface area (Å²) in [6.45, 7) is 4.37. The molecule has 1 unspecified atom stereocenters. The molecule has 5 heteroatoms. The van der Waals surface area contributed by atoms with Crippen LogP contribution < -0.4 is 20.7 Å². The number of pyridine rings is 1. The number of hydrogen-bond acceptors (Lipinski definition) is 3. The molecule has 1 aliphatic heterocycles. The van der Waals surface area contributed by atoms with E-state index in [0.717, 1.165) is 38.5 Å². The van der Waals surface area contributed by atoms with Crippen LogP contribution in [0.4, 0.5) is 0 Å². The van der Waals surface area contributed by atoms with Gasteiger partial charge in [-0.2, -0.15) is 0 Å². The summed E-state index contributed by atoms with van der Waals surface area (Å²) < 4.78 is 11.9. The van der Waals surface area contributed by atoms with Crippen LogP contribution >= 0.6 is 17.2 Å². The third-order valence-corrected chi connectivity index (χ3v) is 13.7. The maximum atomic E-state index is 8.24. The molecule has 168 valence electrons. The number of ether oxygens (including phenoxy) is 2. The van der Waals surface area contributed by atoms with Gasteiger partial charge >= 0.3 is 200 Å². The molecule has 0 bridgehead atoms. The molecule has 3 aromatic carbocycles. The molecule has 3 nitrogen and oxygen atoms in total. The Morgan fingerprint density at radius 3 is 1.82 bits per heavy atom. The molecule has 33 heavy (non-hydrogen) atoms. The Morgan fingerprint density at radius 2 is 1.33 bits per heavy atom. The van der Waals surface area contributed by atoms with Crippen LogP contribution in [0.5, 0.6) is 5.75 Å². The Hall–Kier alpha value is -2.71. The first kappa shape index (κ1) is 22.1. The van der Waals surface area contributed by atoms with E-state index in [9.17, 15) is 0 Å². The zero-order chi connectivity index (χ0) is 22.9. The summed E-state index contributed by atoms with van der Waals surface area (Å²) in [4.78, 5) is 4.70. The van der Waals surface area contributed by atoms with Gasteiger partial charge in [0.15, 0.2) is 0 Å². The number of aromatic nitrogens is 1. The van der Waals surface area contributed by atoms with Crippen LogP contribution in [0, 0.1) is 6.92 Å². The molecule has 0 saturated carbocycles. The van der Waals surface area contributed by atoms with Gasteiger partial charge in [0.2, 0.25) is 0 Å². The molecule has 1 aliphatic rings. The van der Waals surface area contributed by atoms with Gasteiger partial charge in [0, 0.05) is 0 Å². The van der Waals surface area contributed by atoms with Crippen molar-refractivity contribution in [3.8, 4) is 5.75 Å². The van der Waals surface area contributed by atoms with Crippen LogP contribution in [0.15, 0.2) is 97.2 Å². The first-order valence-corrected chi connectivity index (χ1v) is 14.5. The van der Waals surface area contributed by atoms with E-state index < -0.39 is 5.96 Å². The number of benzene rings is 3. The Balaban J connectivity index is 1.83. The summed E-state index contributed by atoms with van der Waals surface area (Å²) in [5.41, 5.74) is 2.97. The van der Waals surface area contributed by atoms with Crippen LogP contribution in [-0.2, 0) is 17.5 Å². The zero-order valence-electron chi connectivity index (χ0n) is 18.8. The van der Waals surface area contributed by atoms with Gasteiger partial charge in [-0.05, 0) is 0 Å². The summed E-state index contributed by atoms with van der Waals surface area (Å²) in [5.74, 6) is -2.64. The van der Waals surface area contributed by atoms with Crippen molar-refractivity contribution in [1.82, 2.24) is 4.98 Å². The number of rotatable bonds is 5. The second-order valence-electron chi connectivity index (χ2n) is 8.52. The average Bonchev–Trinajstić information content (AvgIpc) is 2.87. The Labute approximate surface area is 200 Å². The van der Waals surface area contributed by atoms with E-state index in [0.29, 0.717) is 12.8 Å². The SMILES string of the molecule is Cc1ncc(CP(Cl)(c2ccccc2)(c2ccccc2)c2ccccc2)c2c1OC(C)OC2. The van der Waals surface area contributed by atoms with Gasteiger partial charge in [0.05, 0.1) is 0 Å². The number of aryl methyl sites for hydroxylation is 1. The molecule has 2 heterocycles. The summed E-state index contributed by atoms with van der Waals surface area (Å²) in [6, 6.07) is 31.5. The van der Waals surface area contributed by atoms with E-state index in [1.54, 1.807) is 0 Å². The maximum absolute atomic E-state index is 8.24. The van der Waals surface area contributed by atoms with Gasteiger partial charge in [-0.3, -0.25) is 0 Å². The fraction of sp³-hybridized carbons (Fsp3) is 0.179. The van der Waals surface area contributed by atoms with Crippen LogP contribution in [0.1, 0.15) is 23.7 Å². The van der Waals surface area contributed by atoms with Gasteiger partial charge < -0.3 is 0 Å². The molecule has 0 radical (unpaired) electrons. The van der Waals surface area contributed by atoms with E-state index in [2.05, 4.69) is 72.8 Å². The fourth-order valence-electron chi connectivity index (χ4n) is 4.78. The van der Waals surface area contributed by atoms with Crippen molar-refractivity contribution in [3.63, 3.8) is 0 Å². The van der Waals surface area contributed by atoms with E-state index in [1.165, 1.54) is 0 Å². The van der Waals surface area contributed by atoms with Crippen molar-refractivity contribution >= 4 is 33.1 Å². The zero-order valence-corrected chi connectivity index (χ0v) is 20.5. The third kappa shape index (κ3) is 3.65. The quantitative estimate of drug-likeness (QED) is 0.340. The molecule has 5 rings (SSSR count). The Morgan fingerprint density at radius 1 is 0.848 bits per heavy atom. The van der Waals surface area contributed by atoms with Gasteiger partial charge in [-0.25, -0.2) is 0 Å². The van der Waals surface area contributed by atoms with Crippen molar-refractivity contribution in [1.29, 1.82) is 0 Å². The summed E-state index contributed by atoms with van der Waals surface area (Å²) >= 11 is 8.24. The number of nitrogens with zero attached hydrogens (tertiary/aromatic N) is 1.